The Morgan fingerprint density at radius 3 is 2.68 bits per heavy atom. The van der Waals surface area contributed by atoms with Crippen molar-refractivity contribution < 1.29 is 9.18 Å². The first-order valence-electron chi connectivity index (χ1n) is 5.60. The third-order valence-electron chi connectivity index (χ3n) is 2.71. The second-order valence-electron chi connectivity index (χ2n) is 4.15. The van der Waals surface area contributed by atoms with Crippen LogP contribution in [0.25, 0.3) is 0 Å². The Labute approximate surface area is 115 Å². The quantitative estimate of drug-likeness (QED) is 0.824. The average molecular weight is 279 g/mol. The molecule has 1 amide bonds. The Balaban J connectivity index is 2.25. The highest BCUT2D eigenvalue weighted by Crippen LogP contribution is 2.21. The fourth-order valence-electron chi connectivity index (χ4n) is 1.59. The topological polar surface area (TPSA) is 55.1 Å². The number of nitrogens with one attached hydrogen (secondary N) is 1. The Morgan fingerprint density at radius 2 is 2.00 bits per heavy atom. The molecule has 19 heavy (non-hydrogen) atoms. The minimum absolute atomic E-state index is 0.309. The first-order valence-corrected chi connectivity index (χ1v) is 5.97. The average Bonchev–Trinajstić information content (AvgIpc) is 2.37. The van der Waals surface area contributed by atoms with Crippen LogP contribution in [0.5, 0.6) is 0 Å². The van der Waals surface area contributed by atoms with E-state index in [1.807, 2.05) is 0 Å². The lowest BCUT2D eigenvalue weighted by atomic mass is 10.1. The number of amides is 1. The molecule has 98 valence electrons. The van der Waals surface area contributed by atoms with Gasteiger partial charge in [0, 0.05) is 11.3 Å². The van der Waals surface area contributed by atoms with Gasteiger partial charge >= 0.3 is 0 Å². The number of aryl methyl sites for hydroxylation is 1. The van der Waals surface area contributed by atoms with Crippen LogP contribution in [0.4, 0.5) is 15.8 Å². The molecule has 0 fully saturated rings. The van der Waals surface area contributed by atoms with Crippen LogP contribution in [-0.2, 0) is 0 Å². The van der Waals surface area contributed by atoms with Gasteiger partial charge in [-0.15, -0.1) is 0 Å². The number of benzene rings is 2. The van der Waals surface area contributed by atoms with E-state index in [9.17, 15) is 9.18 Å². The van der Waals surface area contributed by atoms with Gasteiger partial charge in [-0.25, -0.2) is 4.39 Å². The van der Waals surface area contributed by atoms with Crippen molar-refractivity contribution in [2.45, 2.75) is 6.92 Å². The molecule has 5 heteroatoms. The van der Waals surface area contributed by atoms with Gasteiger partial charge in [-0.1, -0.05) is 17.7 Å². The van der Waals surface area contributed by atoms with E-state index in [0.717, 1.165) is 5.56 Å². The largest absolute Gasteiger partial charge is 0.398 e. The molecule has 0 aliphatic carbocycles. The number of hydrogen-bond donors (Lipinski definition) is 2. The molecule has 0 saturated heterocycles. The van der Waals surface area contributed by atoms with E-state index in [4.69, 9.17) is 17.3 Å². The number of nitrogens with two attached hydrogens (primary N) is 1. The summed E-state index contributed by atoms with van der Waals surface area (Å²) in [5.41, 5.74) is 7.54. The van der Waals surface area contributed by atoms with Crippen LogP contribution in [0.15, 0.2) is 36.4 Å². The van der Waals surface area contributed by atoms with Crippen LogP contribution in [0.3, 0.4) is 0 Å². The molecule has 0 unspecified atom stereocenters. The second-order valence-corrected chi connectivity index (χ2v) is 4.56. The number of rotatable bonds is 2. The third-order valence-corrected chi connectivity index (χ3v) is 3.04. The normalized spacial score (nSPS) is 10.3. The van der Waals surface area contributed by atoms with Crippen molar-refractivity contribution in [2.24, 2.45) is 0 Å². The van der Waals surface area contributed by atoms with Crippen molar-refractivity contribution >= 4 is 28.9 Å². The molecule has 2 rings (SSSR count). The van der Waals surface area contributed by atoms with E-state index < -0.39 is 5.82 Å². The van der Waals surface area contributed by atoms with Crippen molar-refractivity contribution in [1.29, 1.82) is 0 Å². The number of anilines is 2. The maximum atomic E-state index is 13.1. The lowest BCUT2D eigenvalue weighted by Gasteiger charge is -2.09. The van der Waals surface area contributed by atoms with Crippen molar-refractivity contribution in [3.05, 3.63) is 58.4 Å². The summed E-state index contributed by atoms with van der Waals surface area (Å²) in [5, 5.41) is 2.94. The minimum Gasteiger partial charge on any atom is -0.398 e. The van der Waals surface area contributed by atoms with Gasteiger partial charge in [-0.05, 0) is 42.8 Å². The molecule has 0 bridgehead atoms. The van der Waals surface area contributed by atoms with Gasteiger partial charge in [0.25, 0.3) is 5.91 Å². The first kappa shape index (κ1) is 13.4. The maximum Gasteiger partial charge on any atom is 0.255 e. The van der Waals surface area contributed by atoms with Crippen LogP contribution < -0.4 is 11.1 Å². The second kappa shape index (κ2) is 5.28. The summed E-state index contributed by atoms with van der Waals surface area (Å²) in [6.07, 6.45) is 0. The molecule has 0 aromatic heterocycles. The molecular weight excluding hydrogens is 267 g/mol. The standard InChI is InChI=1S/C14H12ClFN2O/c1-8-2-4-10(16)7-13(8)18-14(19)9-3-5-12(17)11(15)6-9/h2-7H,17H2,1H3,(H,18,19). The minimum atomic E-state index is -0.406. The fourth-order valence-corrected chi connectivity index (χ4v) is 1.77. The molecule has 0 atom stereocenters. The van der Waals surface area contributed by atoms with Crippen LogP contribution >= 0.6 is 11.6 Å². The van der Waals surface area contributed by atoms with Gasteiger partial charge in [0.1, 0.15) is 5.82 Å². The van der Waals surface area contributed by atoms with Crippen molar-refractivity contribution in [1.82, 2.24) is 0 Å². The zero-order valence-corrected chi connectivity index (χ0v) is 11.0. The van der Waals surface area contributed by atoms with Crippen LogP contribution in [0, 0.1) is 12.7 Å². The Bertz CT molecular complexity index is 643. The zero-order valence-electron chi connectivity index (χ0n) is 10.2. The van der Waals surface area contributed by atoms with Crippen molar-refractivity contribution in [3.63, 3.8) is 0 Å². The number of halogens is 2. The summed E-state index contributed by atoms with van der Waals surface area (Å²) in [4.78, 5) is 12.0. The highest BCUT2D eigenvalue weighted by atomic mass is 35.5. The van der Waals surface area contributed by atoms with E-state index in [1.54, 1.807) is 25.1 Å². The number of carbonyl (C=O) groups is 1. The summed E-state index contributed by atoms with van der Waals surface area (Å²) >= 11 is 5.85. The molecule has 0 saturated carbocycles. The Morgan fingerprint density at radius 1 is 1.26 bits per heavy atom. The summed E-state index contributed by atoms with van der Waals surface area (Å²) in [6.45, 7) is 1.78. The molecule has 3 N–H and O–H groups in total. The Hall–Kier alpha value is -2.07. The zero-order chi connectivity index (χ0) is 14.0. The van der Waals surface area contributed by atoms with Crippen molar-refractivity contribution in [3.8, 4) is 0 Å². The van der Waals surface area contributed by atoms with Crippen LogP contribution in [-0.4, -0.2) is 5.91 Å². The summed E-state index contributed by atoms with van der Waals surface area (Å²) < 4.78 is 13.1. The van der Waals surface area contributed by atoms with E-state index in [0.29, 0.717) is 22.0 Å². The van der Waals surface area contributed by atoms with E-state index in [2.05, 4.69) is 5.32 Å². The molecule has 0 spiro atoms. The number of nitrogen functional groups attached to an aromatic ring is 1. The molecule has 0 heterocycles. The van der Waals surface area contributed by atoms with Gasteiger partial charge in [0.05, 0.1) is 10.7 Å². The van der Waals surface area contributed by atoms with Crippen LogP contribution in [0.1, 0.15) is 15.9 Å². The van der Waals surface area contributed by atoms with Crippen molar-refractivity contribution in [2.75, 3.05) is 11.1 Å². The molecule has 0 aliphatic heterocycles. The summed E-state index contributed by atoms with van der Waals surface area (Å²) in [5.74, 6) is -0.771. The van der Waals surface area contributed by atoms with Gasteiger partial charge < -0.3 is 11.1 Å². The fraction of sp³-hybridized carbons (Fsp3) is 0.0714. The van der Waals surface area contributed by atoms with E-state index in [1.165, 1.54) is 18.2 Å². The molecular formula is C14H12ClFN2O. The highest BCUT2D eigenvalue weighted by Gasteiger charge is 2.10. The molecule has 0 aliphatic rings. The van der Waals surface area contributed by atoms with E-state index in [-0.39, 0.29) is 5.91 Å². The van der Waals surface area contributed by atoms with Gasteiger partial charge in [-0.2, -0.15) is 0 Å². The molecule has 2 aromatic carbocycles. The third kappa shape index (κ3) is 3.03. The number of carbonyl (C=O) groups excluding carboxylic acids is 1. The monoisotopic (exact) mass is 278 g/mol. The number of hydrogen-bond acceptors (Lipinski definition) is 2. The SMILES string of the molecule is Cc1ccc(F)cc1NC(=O)c1ccc(N)c(Cl)c1. The van der Waals surface area contributed by atoms with E-state index >= 15 is 0 Å². The molecule has 0 radical (unpaired) electrons. The predicted octanol–water partition coefficient (Wildman–Crippen LogP) is 3.62. The first-order chi connectivity index (χ1) is 8.97. The lowest BCUT2D eigenvalue weighted by Crippen LogP contribution is -2.13. The predicted molar refractivity (Wildman–Crippen MR) is 75.0 cm³/mol. The maximum absolute atomic E-state index is 13.1. The summed E-state index contributed by atoms with van der Waals surface area (Å²) in [7, 11) is 0. The Kier molecular flexibility index (Phi) is 3.71. The summed E-state index contributed by atoms with van der Waals surface area (Å²) in [6, 6.07) is 8.79. The highest BCUT2D eigenvalue weighted by molar-refractivity contribution is 6.33. The lowest BCUT2D eigenvalue weighted by molar-refractivity contribution is 0.102. The molecule has 3 nitrogen and oxygen atoms in total. The van der Waals surface area contributed by atoms with Gasteiger partial charge in [-0.3, -0.25) is 4.79 Å². The van der Waals surface area contributed by atoms with Gasteiger partial charge in [0.2, 0.25) is 0 Å². The van der Waals surface area contributed by atoms with Gasteiger partial charge in [0.15, 0.2) is 0 Å². The molecule has 2 aromatic rings. The van der Waals surface area contributed by atoms with Crippen LogP contribution in [0.2, 0.25) is 5.02 Å². The smallest absolute Gasteiger partial charge is 0.255 e.